The van der Waals surface area contributed by atoms with Crippen molar-refractivity contribution in [2.75, 3.05) is 18.4 Å². The lowest BCUT2D eigenvalue weighted by atomic mass is 9.89. The number of benzene rings is 1. The van der Waals surface area contributed by atoms with Crippen LogP contribution in [0.4, 0.5) is 14.5 Å². The lowest BCUT2D eigenvalue weighted by molar-refractivity contribution is 0.00994. The van der Waals surface area contributed by atoms with Crippen molar-refractivity contribution in [2.24, 2.45) is 0 Å². The molecule has 0 radical (unpaired) electrons. The smallest absolute Gasteiger partial charge is 0.341 e. The predicted molar refractivity (Wildman–Crippen MR) is 96.1 cm³/mol. The van der Waals surface area contributed by atoms with E-state index in [2.05, 4.69) is 10.2 Å². The number of nitrogens with one attached hydrogen (secondary N) is 1. The molecule has 1 aliphatic heterocycles. The molecule has 1 aromatic rings. The highest BCUT2D eigenvalue weighted by atomic mass is 32.2. The van der Waals surface area contributed by atoms with Gasteiger partial charge in [0.1, 0.15) is 0 Å². The van der Waals surface area contributed by atoms with Crippen molar-refractivity contribution in [1.82, 2.24) is 4.90 Å². The van der Waals surface area contributed by atoms with Crippen molar-refractivity contribution in [1.29, 1.82) is 0 Å². The van der Waals surface area contributed by atoms with Crippen LogP contribution >= 0.6 is 0 Å². The second kappa shape index (κ2) is 8.19. The Labute approximate surface area is 153 Å². The van der Waals surface area contributed by atoms with Gasteiger partial charge in [0.2, 0.25) is 9.84 Å². The Balaban J connectivity index is 1.53. The summed E-state index contributed by atoms with van der Waals surface area (Å²) in [6.45, 7) is 1.83. The number of sulfone groups is 1. The number of anilines is 1. The maximum Gasteiger partial charge on any atom is 0.341 e. The number of alkyl halides is 2. The average molecular weight is 388 g/mol. The van der Waals surface area contributed by atoms with Crippen LogP contribution in [0.2, 0.25) is 0 Å². The number of piperidine rings is 1. The third-order valence-electron chi connectivity index (χ3n) is 5.48. The van der Waals surface area contributed by atoms with Gasteiger partial charge in [-0.1, -0.05) is 12.8 Å². The van der Waals surface area contributed by atoms with Gasteiger partial charge in [-0.05, 0) is 49.9 Å². The molecule has 5 nitrogen and oxygen atoms in total. The van der Waals surface area contributed by atoms with Gasteiger partial charge < -0.3 is 10.4 Å². The van der Waals surface area contributed by atoms with Crippen LogP contribution in [0.5, 0.6) is 0 Å². The minimum Gasteiger partial charge on any atom is -0.391 e. The molecule has 1 heterocycles. The van der Waals surface area contributed by atoms with Crippen LogP contribution in [0.15, 0.2) is 29.2 Å². The monoisotopic (exact) mass is 388 g/mol. The van der Waals surface area contributed by atoms with E-state index in [0.29, 0.717) is 0 Å². The molecule has 2 N–H and O–H groups in total. The zero-order valence-corrected chi connectivity index (χ0v) is 15.5. The van der Waals surface area contributed by atoms with Gasteiger partial charge in [0.15, 0.2) is 0 Å². The van der Waals surface area contributed by atoms with Gasteiger partial charge in [-0.15, -0.1) is 0 Å². The molecule has 0 amide bonds. The molecule has 26 heavy (non-hydrogen) atoms. The lowest BCUT2D eigenvalue weighted by Crippen LogP contribution is -2.50. The topological polar surface area (TPSA) is 69.6 Å². The summed E-state index contributed by atoms with van der Waals surface area (Å²) in [4.78, 5) is 2.01. The van der Waals surface area contributed by atoms with Crippen LogP contribution in [0, 0.1) is 0 Å². The zero-order chi connectivity index (χ0) is 18.7. The number of hydrogen-bond acceptors (Lipinski definition) is 5. The minimum atomic E-state index is -4.54. The van der Waals surface area contributed by atoms with Crippen molar-refractivity contribution in [2.45, 2.75) is 67.4 Å². The Morgan fingerprint density at radius 1 is 1.04 bits per heavy atom. The highest BCUT2D eigenvalue weighted by Gasteiger charge is 2.31. The van der Waals surface area contributed by atoms with Gasteiger partial charge in [0.05, 0.1) is 11.0 Å². The van der Waals surface area contributed by atoms with Gasteiger partial charge in [-0.3, -0.25) is 4.90 Å². The van der Waals surface area contributed by atoms with Crippen LogP contribution in [0.1, 0.15) is 38.5 Å². The van der Waals surface area contributed by atoms with Gasteiger partial charge in [0, 0.05) is 30.9 Å². The Kier molecular flexibility index (Phi) is 6.14. The van der Waals surface area contributed by atoms with E-state index in [0.717, 1.165) is 50.9 Å². The highest BCUT2D eigenvalue weighted by molar-refractivity contribution is 7.91. The summed E-state index contributed by atoms with van der Waals surface area (Å²) < 4.78 is 48.0. The third-order valence-corrected chi connectivity index (χ3v) is 6.88. The molecule has 2 aliphatic rings. The van der Waals surface area contributed by atoms with Gasteiger partial charge >= 0.3 is 5.76 Å². The van der Waals surface area contributed by atoms with Crippen LogP contribution in [-0.4, -0.2) is 55.5 Å². The van der Waals surface area contributed by atoms with E-state index >= 15 is 0 Å². The molecule has 0 bridgehead atoms. The fourth-order valence-corrected chi connectivity index (χ4v) is 4.69. The van der Waals surface area contributed by atoms with E-state index in [1.807, 2.05) is 0 Å². The fourth-order valence-electron chi connectivity index (χ4n) is 3.97. The van der Waals surface area contributed by atoms with Crippen molar-refractivity contribution in [3.63, 3.8) is 0 Å². The van der Waals surface area contributed by atoms with Gasteiger partial charge in [-0.2, -0.15) is 8.78 Å². The van der Waals surface area contributed by atoms with E-state index in [-0.39, 0.29) is 23.1 Å². The number of aliphatic hydroxyl groups is 1. The Morgan fingerprint density at radius 3 is 2.23 bits per heavy atom. The van der Waals surface area contributed by atoms with Crippen molar-refractivity contribution >= 4 is 15.5 Å². The Bertz CT molecular complexity index is 689. The van der Waals surface area contributed by atoms with E-state index in [4.69, 9.17) is 0 Å². The molecule has 0 spiro atoms. The molecule has 2 atom stereocenters. The summed E-state index contributed by atoms with van der Waals surface area (Å²) in [5, 5.41) is 13.5. The minimum absolute atomic E-state index is 0.224. The third kappa shape index (κ3) is 4.35. The van der Waals surface area contributed by atoms with Crippen molar-refractivity contribution in [3.05, 3.63) is 24.3 Å². The molecular weight excluding hydrogens is 362 g/mol. The summed E-state index contributed by atoms with van der Waals surface area (Å²) in [6.07, 6.45) is 5.86. The first-order valence-corrected chi connectivity index (χ1v) is 10.7. The molecule has 2 unspecified atom stereocenters. The molecule has 8 heteroatoms. The Morgan fingerprint density at radius 2 is 1.65 bits per heavy atom. The van der Waals surface area contributed by atoms with E-state index in [1.165, 1.54) is 30.7 Å². The van der Waals surface area contributed by atoms with Gasteiger partial charge in [-0.25, -0.2) is 8.42 Å². The summed E-state index contributed by atoms with van der Waals surface area (Å²) >= 11 is 0. The molecular formula is C18H26F2N2O3S. The van der Waals surface area contributed by atoms with Crippen LogP contribution in [-0.2, 0) is 9.84 Å². The second-order valence-corrected chi connectivity index (χ2v) is 9.12. The standard InChI is InChI=1S/C18H26F2N2O3S/c19-18(20)26(24,25)15-7-5-13(6-8-15)21-14-9-11-22(12-10-14)16-3-1-2-4-17(16)23/h5-8,14,16-18,21,23H,1-4,9-12H2. The van der Waals surface area contributed by atoms with Crippen LogP contribution in [0.25, 0.3) is 0 Å². The largest absolute Gasteiger partial charge is 0.391 e. The number of rotatable bonds is 5. The molecule has 0 aromatic heterocycles. The predicted octanol–water partition coefficient (Wildman–Crippen LogP) is 2.86. The molecule has 1 aromatic carbocycles. The molecule has 1 saturated carbocycles. The number of likely N-dealkylation sites (tertiary alicyclic amines) is 1. The van der Waals surface area contributed by atoms with Crippen LogP contribution < -0.4 is 5.32 Å². The number of nitrogens with zero attached hydrogens (tertiary/aromatic N) is 1. The van der Waals surface area contributed by atoms with Crippen LogP contribution in [0.3, 0.4) is 0 Å². The summed E-state index contributed by atoms with van der Waals surface area (Å²) in [6, 6.07) is 6.03. The Hall–Kier alpha value is -1.25. The first kappa shape index (κ1) is 19.5. The number of aliphatic hydroxyl groups excluding tert-OH is 1. The van der Waals surface area contributed by atoms with Gasteiger partial charge in [0.25, 0.3) is 0 Å². The second-order valence-electron chi connectivity index (χ2n) is 7.20. The van der Waals surface area contributed by atoms with Crippen molar-refractivity contribution in [3.8, 4) is 0 Å². The summed E-state index contributed by atoms with van der Waals surface area (Å²) in [5.41, 5.74) is 0.731. The first-order valence-electron chi connectivity index (χ1n) is 9.18. The maximum absolute atomic E-state index is 12.6. The maximum atomic E-state index is 12.6. The lowest BCUT2D eigenvalue weighted by Gasteiger charge is -2.41. The SMILES string of the molecule is O=S(=O)(c1ccc(NC2CCN(C3CCCCC3O)CC2)cc1)C(F)F. The van der Waals surface area contributed by atoms with E-state index in [1.54, 1.807) is 0 Å². The molecule has 2 fully saturated rings. The zero-order valence-electron chi connectivity index (χ0n) is 14.7. The van der Waals surface area contributed by atoms with E-state index in [9.17, 15) is 22.3 Å². The number of halogens is 2. The summed E-state index contributed by atoms with van der Waals surface area (Å²) in [7, 11) is -4.54. The van der Waals surface area contributed by atoms with E-state index < -0.39 is 15.6 Å². The average Bonchev–Trinajstić information content (AvgIpc) is 2.63. The molecule has 146 valence electrons. The number of hydrogen-bond donors (Lipinski definition) is 2. The molecule has 1 aliphatic carbocycles. The normalized spacial score (nSPS) is 26.2. The quantitative estimate of drug-likeness (QED) is 0.812. The molecule has 3 rings (SSSR count). The van der Waals surface area contributed by atoms with Crippen molar-refractivity contribution < 1.29 is 22.3 Å². The highest BCUT2D eigenvalue weighted by Crippen LogP contribution is 2.27. The first-order chi connectivity index (χ1) is 12.4. The fraction of sp³-hybridized carbons (Fsp3) is 0.667. The summed E-state index contributed by atoms with van der Waals surface area (Å²) in [5.74, 6) is -3.40. The molecule has 1 saturated heterocycles.